The predicted octanol–water partition coefficient (Wildman–Crippen LogP) is 6.41. The Balaban J connectivity index is 1.31. The number of hydrogen-bond acceptors (Lipinski definition) is 5. The fourth-order valence-corrected chi connectivity index (χ4v) is 4.37. The molecule has 7 heteroatoms. The lowest BCUT2D eigenvalue weighted by Gasteiger charge is -2.20. The highest BCUT2D eigenvalue weighted by Crippen LogP contribution is 2.24. The Labute approximate surface area is 222 Å². The number of amides is 1. The van der Waals surface area contributed by atoms with Gasteiger partial charge >= 0.3 is 0 Å². The fourth-order valence-electron chi connectivity index (χ4n) is 4.37. The summed E-state index contributed by atoms with van der Waals surface area (Å²) in [6.07, 6.45) is 0. The van der Waals surface area contributed by atoms with Crippen molar-refractivity contribution in [2.75, 3.05) is 23.3 Å². The Morgan fingerprint density at radius 3 is 2.29 bits per heavy atom. The molecule has 5 rings (SSSR count). The second kappa shape index (κ2) is 11.2. The molecule has 0 aliphatic rings. The van der Waals surface area contributed by atoms with E-state index >= 15 is 0 Å². The molecule has 1 aromatic heterocycles. The molecule has 0 radical (unpaired) electrons. The molecule has 0 bridgehead atoms. The summed E-state index contributed by atoms with van der Waals surface area (Å²) in [6, 6.07) is 29.2. The third-order valence-electron chi connectivity index (χ3n) is 6.53. The van der Waals surface area contributed by atoms with Crippen LogP contribution in [0.5, 0.6) is 5.75 Å². The van der Waals surface area contributed by atoms with Gasteiger partial charge in [0.25, 0.3) is 5.91 Å². The summed E-state index contributed by atoms with van der Waals surface area (Å²) >= 11 is 0. The van der Waals surface area contributed by atoms with Crippen molar-refractivity contribution in [2.24, 2.45) is 0 Å². The Kier molecular flexibility index (Phi) is 7.35. The summed E-state index contributed by atoms with van der Waals surface area (Å²) in [5, 5.41) is 12.3. The van der Waals surface area contributed by atoms with Crippen LogP contribution in [0.1, 0.15) is 35.3 Å². The normalized spacial score (nSPS) is 10.9. The second-order valence-electron chi connectivity index (χ2n) is 9.09. The lowest BCUT2D eigenvalue weighted by Crippen LogP contribution is -2.21. The molecule has 1 amide bonds. The highest BCUT2D eigenvalue weighted by molar-refractivity contribution is 6.05. The number of anilines is 2. The SMILES string of the molecule is CCN(CC)c1ccc(-n2nc3cc(C)c(NC(=O)c4cccc(OCc5ccccc5)c4)cc3n2)cc1. The maximum absolute atomic E-state index is 13.1. The molecular weight excluding hydrogens is 474 g/mol. The molecule has 4 aromatic carbocycles. The van der Waals surface area contributed by atoms with Gasteiger partial charge in [0.05, 0.1) is 5.69 Å². The van der Waals surface area contributed by atoms with E-state index in [1.54, 1.807) is 16.9 Å². The molecule has 0 fully saturated rings. The smallest absolute Gasteiger partial charge is 0.255 e. The first kappa shape index (κ1) is 25.0. The molecule has 0 aliphatic heterocycles. The van der Waals surface area contributed by atoms with Crippen molar-refractivity contribution >= 4 is 28.3 Å². The number of rotatable bonds is 9. The molecule has 38 heavy (non-hydrogen) atoms. The van der Waals surface area contributed by atoms with E-state index < -0.39 is 0 Å². The van der Waals surface area contributed by atoms with E-state index in [9.17, 15) is 4.79 Å². The summed E-state index contributed by atoms with van der Waals surface area (Å²) in [7, 11) is 0. The van der Waals surface area contributed by atoms with Crippen LogP contribution in [0.4, 0.5) is 11.4 Å². The molecule has 0 spiro atoms. The van der Waals surface area contributed by atoms with Crippen LogP contribution in [0.15, 0.2) is 91.0 Å². The molecule has 0 aliphatic carbocycles. The van der Waals surface area contributed by atoms with Crippen LogP contribution in [-0.2, 0) is 6.61 Å². The van der Waals surface area contributed by atoms with E-state index in [2.05, 4.69) is 46.4 Å². The summed E-state index contributed by atoms with van der Waals surface area (Å²) in [5.41, 5.74) is 6.72. The molecule has 192 valence electrons. The molecule has 0 atom stereocenters. The zero-order chi connectivity index (χ0) is 26.5. The molecule has 7 nitrogen and oxygen atoms in total. The molecule has 1 N–H and O–H groups in total. The maximum Gasteiger partial charge on any atom is 0.255 e. The number of carbonyl (C=O) groups is 1. The average molecular weight is 506 g/mol. The number of carbonyl (C=O) groups excluding carboxylic acids is 1. The van der Waals surface area contributed by atoms with Crippen LogP contribution in [0, 0.1) is 6.92 Å². The number of hydrogen-bond donors (Lipinski definition) is 1. The lowest BCUT2D eigenvalue weighted by molar-refractivity contribution is 0.102. The van der Waals surface area contributed by atoms with Crippen molar-refractivity contribution in [3.63, 3.8) is 0 Å². The van der Waals surface area contributed by atoms with E-state index in [1.165, 1.54) is 5.69 Å². The van der Waals surface area contributed by atoms with Gasteiger partial charge in [-0.2, -0.15) is 4.80 Å². The predicted molar refractivity (Wildman–Crippen MR) is 152 cm³/mol. The topological polar surface area (TPSA) is 72.3 Å². The highest BCUT2D eigenvalue weighted by atomic mass is 16.5. The number of aryl methyl sites for hydroxylation is 1. The third kappa shape index (κ3) is 5.52. The summed E-state index contributed by atoms with van der Waals surface area (Å²) in [5.74, 6) is 0.431. The first-order valence-corrected chi connectivity index (χ1v) is 12.8. The van der Waals surface area contributed by atoms with E-state index in [4.69, 9.17) is 4.74 Å². The minimum atomic E-state index is -0.211. The van der Waals surface area contributed by atoms with E-state index in [-0.39, 0.29) is 5.91 Å². The first-order valence-electron chi connectivity index (χ1n) is 12.8. The number of ether oxygens (including phenoxy) is 1. The van der Waals surface area contributed by atoms with Gasteiger partial charge in [-0.15, -0.1) is 10.2 Å². The van der Waals surface area contributed by atoms with Crippen molar-refractivity contribution < 1.29 is 9.53 Å². The molecule has 0 saturated carbocycles. The zero-order valence-corrected chi connectivity index (χ0v) is 21.9. The average Bonchev–Trinajstić information content (AvgIpc) is 3.36. The van der Waals surface area contributed by atoms with Gasteiger partial charge in [0.1, 0.15) is 23.4 Å². The number of benzene rings is 4. The second-order valence-corrected chi connectivity index (χ2v) is 9.09. The van der Waals surface area contributed by atoms with E-state index in [0.29, 0.717) is 29.1 Å². The number of nitrogens with one attached hydrogen (secondary N) is 1. The largest absolute Gasteiger partial charge is 0.489 e. The number of fused-ring (bicyclic) bond motifs is 1. The Hall–Kier alpha value is -4.65. The number of aromatic nitrogens is 3. The van der Waals surface area contributed by atoms with Gasteiger partial charge in [0.2, 0.25) is 0 Å². The van der Waals surface area contributed by atoms with Crippen molar-refractivity contribution in [2.45, 2.75) is 27.4 Å². The van der Waals surface area contributed by atoms with Gasteiger partial charge in [-0.05, 0) is 86.5 Å². The molecule has 5 aromatic rings. The van der Waals surface area contributed by atoms with Crippen molar-refractivity contribution in [1.29, 1.82) is 0 Å². The minimum absolute atomic E-state index is 0.211. The molecule has 1 heterocycles. The standard InChI is InChI=1S/C31H31N5O2/c1-4-35(5-2)25-14-16-26(17-15-25)36-33-29-18-22(3)28(20-30(29)34-36)32-31(37)24-12-9-13-27(19-24)38-21-23-10-7-6-8-11-23/h6-20H,4-5,21H2,1-3H3,(H,32,37). The van der Waals surface area contributed by atoms with Crippen LogP contribution in [0.2, 0.25) is 0 Å². The Bertz CT molecular complexity index is 1540. The molecular formula is C31H31N5O2. The maximum atomic E-state index is 13.1. The van der Waals surface area contributed by atoms with Gasteiger partial charge in [-0.1, -0.05) is 36.4 Å². The van der Waals surface area contributed by atoms with Crippen LogP contribution in [0.3, 0.4) is 0 Å². The van der Waals surface area contributed by atoms with Gasteiger partial charge < -0.3 is 15.0 Å². The van der Waals surface area contributed by atoms with Crippen molar-refractivity contribution in [3.05, 3.63) is 108 Å². The van der Waals surface area contributed by atoms with Crippen LogP contribution in [-0.4, -0.2) is 34.0 Å². The summed E-state index contributed by atoms with van der Waals surface area (Å²) in [6.45, 7) is 8.60. The van der Waals surface area contributed by atoms with Crippen LogP contribution in [0.25, 0.3) is 16.7 Å². The van der Waals surface area contributed by atoms with Gasteiger partial charge in [0, 0.05) is 30.0 Å². The van der Waals surface area contributed by atoms with Crippen molar-refractivity contribution in [3.8, 4) is 11.4 Å². The molecule has 0 unspecified atom stereocenters. The van der Waals surface area contributed by atoms with Gasteiger partial charge in [-0.3, -0.25) is 4.79 Å². The van der Waals surface area contributed by atoms with Gasteiger partial charge in [-0.25, -0.2) is 0 Å². The zero-order valence-electron chi connectivity index (χ0n) is 21.9. The van der Waals surface area contributed by atoms with Crippen LogP contribution >= 0.6 is 0 Å². The third-order valence-corrected chi connectivity index (χ3v) is 6.53. The first-order chi connectivity index (χ1) is 18.5. The highest BCUT2D eigenvalue weighted by Gasteiger charge is 2.13. The quantitative estimate of drug-likeness (QED) is 0.251. The number of nitrogens with zero attached hydrogens (tertiary/aromatic N) is 4. The minimum Gasteiger partial charge on any atom is -0.489 e. The van der Waals surface area contributed by atoms with E-state index in [0.717, 1.165) is 35.4 Å². The molecule has 0 saturated heterocycles. The summed E-state index contributed by atoms with van der Waals surface area (Å²) < 4.78 is 5.89. The Morgan fingerprint density at radius 1 is 0.868 bits per heavy atom. The Morgan fingerprint density at radius 2 is 1.58 bits per heavy atom. The fraction of sp³-hybridized carbons (Fsp3) is 0.194. The van der Waals surface area contributed by atoms with Crippen LogP contribution < -0.4 is 15.0 Å². The van der Waals surface area contributed by atoms with Crippen molar-refractivity contribution in [1.82, 2.24) is 15.0 Å². The lowest BCUT2D eigenvalue weighted by atomic mass is 10.1. The van der Waals surface area contributed by atoms with E-state index in [1.807, 2.05) is 73.7 Å². The monoisotopic (exact) mass is 505 g/mol. The van der Waals surface area contributed by atoms with Gasteiger partial charge in [0.15, 0.2) is 0 Å². The summed E-state index contributed by atoms with van der Waals surface area (Å²) in [4.78, 5) is 17.0.